The van der Waals surface area contributed by atoms with E-state index >= 15 is 0 Å². The highest BCUT2D eigenvalue weighted by atomic mass is 32.1. The van der Waals surface area contributed by atoms with Crippen LogP contribution in [0.4, 0.5) is 0 Å². The van der Waals surface area contributed by atoms with Gasteiger partial charge >= 0.3 is 0 Å². The highest BCUT2D eigenvalue weighted by Crippen LogP contribution is 2.15. The number of hydrogen-bond donors (Lipinski definition) is 1. The van der Waals surface area contributed by atoms with E-state index < -0.39 is 0 Å². The lowest BCUT2D eigenvalue weighted by Crippen LogP contribution is -2.27. The van der Waals surface area contributed by atoms with E-state index in [-0.39, 0.29) is 0 Å². The van der Waals surface area contributed by atoms with Crippen molar-refractivity contribution in [1.82, 2.24) is 5.32 Å². The van der Waals surface area contributed by atoms with Crippen LogP contribution in [0.5, 0.6) is 0 Å². The van der Waals surface area contributed by atoms with E-state index in [1.807, 2.05) is 0 Å². The van der Waals surface area contributed by atoms with E-state index in [4.69, 9.17) is 0 Å². The maximum absolute atomic E-state index is 3.43. The molecule has 1 aromatic heterocycles. The van der Waals surface area contributed by atoms with Gasteiger partial charge in [-0.1, -0.05) is 20.3 Å². The van der Waals surface area contributed by atoms with Crippen molar-refractivity contribution in [1.29, 1.82) is 0 Å². The summed E-state index contributed by atoms with van der Waals surface area (Å²) < 4.78 is 0. The first-order valence-electron chi connectivity index (χ1n) is 5.94. The zero-order chi connectivity index (χ0) is 11.1. The maximum Gasteiger partial charge on any atom is 0.00697 e. The summed E-state index contributed by atoms with van der Waals surface area (Å²) in [6.07, 6.45) is 5.07. The molecule has 0 radical (unpaired) electrons. The van der Waals surface area contributed by atoms with Gasteiger partial charge in [0.25, 0.3) is 0 Å². The van der Waals surface area contributed by atoms with Crippen molar-refractivity contribution >= 4 is 11.3 Å². The summed E-state index contributed by atoms with van der Waals surface area (Å²) >= 11 is 1.80. The lowest BCUT2D eigenvalue weighted by molar-refractivity contribution is 0.395. The predicted molar refractivity (Wildman–Crippen MR) is 69.6 cm³/mol. The van der Waals surface area contributed by atoms with Crippen molar-refractivity contribution in [2.75, 3.05) is 7.05 Å². The Kier molecular flexibility index (Phi) is 5.96. The van der Waals surface area contributed by atoms with Gasteiger partial charge in [0, 0.05) is 6.04 Å². The molecular formula is C13H23NS. The van der Waals surface area contributed by atoms with Crippen LogP contribution in [0.3, 0.4) is 0 Å². The van der Waals surface area contributed by atoms with Crippen LogP contribution in [0.2, 0.25) is 0 Å². The average molecular weight is 225 g/mol. The molecule has 1 N–H and O–H groups in total. The van der Waals surface area contributed by atoms with Gasteiger partial charge in [-0.25, -0.2) is 0 Å². The molecule has 0 amide bonds. The number of hydrogen-bond acceptors (Lipinski definition) is 2. The largest absolute Gasteiger partial charge is 0.317 e. The second kappa shape index (κ2) is 7.02. The van der Waals surface area contributed by atoms with Gasteiger partial charge in [0.05, 0.1) is 0 Å². The Morgan fingerprint density at radius 2 is 2.27 bits per heavy atom. The second-order valence-electron chi connectivity index (χ2n) is 4.40. The molecule has 0 saturated carbocycles. The Hall–Kier alpha value is -0.340. The molecule has 0 aliphatic rings. The summed E-state index contributed by atoms with van der Waals surface area (Å²) in [5.74, 6) is 0.838. The SMILES string of the molecule is CCC(C)CC(CCc1ccsc1)NC. The third-order valence-corrected chi connectivity index (χ3v) is 3.89. The lowest BCUT2D eigenvalue weighted by atomic mass is 9.95. The van der Waals surface area contributed by atoms with Crippen LogP contribution < -0.4 is 5.32 Å². The molecule has 2 unspecified atom stereocenters. The first kappa shape index (κ1) is 12.7. The number of aryl methyl sites for hydroxylation is 1. The molecule has 86 valence electrons. The van der Waals surface area contributed by atoms with E-state index in [0.29, 0.717) is 6.04 Å². The van der Waals surface area contributed by atoms with Gasteiger partial charge in [-0.2, -0.15) is 11.3 Å². The Morgan fingerprint density at radius 1 is 1.47 bits per heavy atom. The monoisotopic (exact) mass is 225 g/mol. The molecule has 1 rings (SSSR count). The highest BCUT2D eigenvalue weighted by molar-refractivity contribution is 7.07. The zero-order valence-electron chi connectivity index (χ0n) is 10.1. The molecule has 1 nitrogen and oxygen atoms in total. The molecule has 1 aromatic rings. The van der Waals surface area contributed by atoms with E-state index in [1.165, 1.54) is 31.2 Å². The van der Waals surface area contributed by atoms with Crippen LogP contribution in [0, 0.1) is 5.92 Å². The van der Waals surface area contributed by atoms with Crippen LogP contribution in [0.25, 0.3) is 0 Å². The standard InChI is InChI=1S/C13H23NS/c1-4-11(2)9-13(14-3)6-5-12-7-8-15-10-12/h7-8,10-11,13-14H,4-6,9H2,1-3H3. The molecule has 0 bridgehead atoms. The lowest BCUT2D eigenvalue weighted by Gasteiger charge is -2.19. The summed E-state index contributed by atoms with van der Waals surface area (Å²) in [6.45, 7) is 4.62. The van der Waals surface area contributed by atoms with E-state index in [2.05, 4.69) is 43.0 Å². The minimum Gasteiger partial charge on any atom is -0.317 e. The summed E-state index contributed by atoms with van der Waals surface area (Å²) in [5, 5.41) is 7.86. The minimum atomic E-state index is 0.680. The Morgan fingerprint density at radius 3 is 2.80 bits per heavy atom. The van der Waals surface area contributed by atoms with Gasteiger partial charge in [0.15, 0.2) is 0 Å². The Balaban J connectivity index is 2.27. The molecule has 2 heteroatoms. The van der Waals surface area contributed by atoms with Crippen molar-refractivity contribution in [2.45, 2.75) is 45.6 Å². The van der Waals surface area contributed by atoms with Crippen LogP contribution >= 0.6 is 11.3 Å². The first-order chi connectivity index (χ1) is 7.26. The predicted octanol–water partition coefficient (Wildman–Crippen LogP) is 3.70. The second-order valence-corrected chi connectivity index (χ2v) is 5.19. The molecule has 2 atom stereocenters. The number of rotatable bonds is 7. The van der Waals surface area contributed by atoms with Gasteiger partial charge < -0.3 is 5.32 Å². The fourth-order valence-electron chi connectivity index (χ4n) is 1.81. The van der Waals surface area contributed by atoms with E-state index in [1.54, 1.807) is 11.3 Å². The van der Waals surface area contributed by atoms with Gasteiger partial charge in [-0.3, -0.25) is 0 Å². The Bertz CT molecular complexity index is 243. The molecule has 0 aliphatic carbocycles. The topological polar surface area (TPSA) is 12.0 Å². The Labute approximate surface area is 97.9 Å². The zero-order valence-corrected chi connectivity index (χ0v) is 10.9. The molecule has 0 aromatic carbocycles. The van der Waals surface area contributed by atoms with Gasteiger partial charge in [-0.05, 0) is 54.6 Å². The molecular weight excluding hydrogens is 202 g/mol. The molecule has 15 heavy (non-hydrogen) atoms. The van der Waals surface area contributed by atoms with Crippen LogP contribution in [0.1, 0.15) is 38.7 Å². The summed E-state index contributed by atoms with van der Waals surface area (Å²) in [5.41, 5.74) is 1.49. The molecule has 1 heterocycles. The number of thiophene rings is 1. The fraction of sp³-hybridized carbons (Fsp3) is 0.692. The third-order valence-electron chi connectivity index (χ3n) is 3.15. The van der Waals surface area contributed by atoms with Gasteiger partial charge in [0.2, 0.25) is 0 Å². The molecule has 0 saturated heterocycles. The van der Waals surface area contributed by atoms with E-state index in [9.17, 15) is 0 Å². The smallest absolute Gasteiger partial charge is 0.00697 e. The first-order valence-corrected chi connectivity index (χ1v) is 6.88. The van der Waals surface area contributed by atoms with Crippen LogP contribution in [-0.4, -0.2) is 13.1 Å². The normalized spacial score (nSPS) is 15.1. The quantitative estimate of drug-likeness (QED) is 0.746. The number of nitrogens with one attached hydrogen (secondary N) is 1. The van der Waals surface area contributed by atoms with E-state index in [0.717, 1.165) is 5.92 Å². The van der Waals surface area contributed by atoms with Crippen molar-refractivity contribution in [3.8, 4) is 0 Å². The van der Waals surface area contributed by atoms with Crippen molar-refractivity contribution in [2.24, 2.45) is 5.92 Å². The van der Waals surface area contributed by atoms with Gasteiger partial charge in [0.1, 0.15) is 0 Å². The minimum absolute atomic E-state index is 0.680. The van der Waals surface area contributed by atoms with Crippen molar-refractivity contribution in [3.05, 3.63) is 22.4 Å². The molecule has 0 spiro atoms. The highest BCUT2D eigenvalue weighted by Gasteiger charge is 2.10. The van der Waals surface area contributed by atoms with Crippen LogP contribution in [-0.2, 0) is 6.42 Å². The summed E-state index contributed by atoms with van der Waals surface area (Å²) in [4.78, 5) is 0. The maximum atomic E-state index is 3.43. The third kappa shape index (κ3) is 4.80. The van der Waals surface area contributed by atoms with Crippen molar-refractivity contribution in [3.63, 3.8) is 0 Å². The fourth-order valence-corrected chi connectivity index (χ4v) is 2.51. The summed E-state index contributed by atoms with van der Waals surface area (Å²) in [6, 6.07) is 2.92. The van der Waals surface area contributed by atoms with Gasteiger partial charge in [-0.15, -0.1) is 0 Å². The molecule has 0 fully saturated rings. The van der Waals surface area contributed by atoms with Crippen molar-refractivity contribution < 1.29 is 0 Å². The van der Waals surface area contributed by atoms with Crippen LogP contribution in [0.15, 0.2) is 16.8 Å². The summed E-state index contributed by atoms with van der Waals surface area (Å²) in [7, 11) is 2.08. The average Bonchev–Trinajstić information content (AvgIpc) is 2.76. The molecule has 0 aliphatic heterocycles.